The number of rotatable bonds is 3. The first-order chi connectivity index (χ1) is 8.49. The third kappa shape index (κ3) is 2.43. The molecule has 0 spiro atoms. The number of aromatic carboxylic acids is 1. The number of halogens is 1. The number of nitrogens with zero attached hydrogens (tertiary/aromatic N) is 3. The molecule has 1 N–H and O–H groups in total. The van der Waals surface area contributed by atoms with Crippen molar-refractivity contribution >= 4 is 21.9 Å². The number of carboxylic acid groups (broad SMARTS) is 1. The van der Waals surface area contributed by atoms with E-state index in [1.165, 1.54) is 4.80 Å². The predicted molar refractivity (Wildman–Crippen MR) is 70.5 cm³/mol. The van der Waals surface area contributed by atoms with E-state index < -0.39 is 5.97 Å². The minimum Gasteiger partial charge on any atom is -0.476 e. The highest BCUT2D eigenvalue weighted by Gasteiger charge is 2.20. The molecule has 2 aromatic rings. The van der Waals surface area contributed by atoms with Gasteiger partial charge in [-0.3, -0.25) is 0 Å². The van der Waals surface area contributed by atoms with Gasteiger partial charge in [-0.15, -0.1) is 5.10 Å². The van der Waals surface area contributed by atoms with E-state index in [1.807, 2.05) is 38.1 Å². The highest BCUT2D eigenvalue weighted by Crippen LogP contribution is 2.23. The second kappa shape index (κ2) is 4.89. The molecule has 0 saturated heterocycles. The van der Waals surface area contributed by atoms with Crippen molar-refractivity contribution in [2.45, 2.75) is 19.9 Å². The fourth-order valence-corrected chi connectivity index (χ4v) is 1.76. The number of hydrogen-bond acceptors (Lipinski definition) is 3. The van der Waals surface area contributed by atoms with Crippen LogP contribution in [0.25, 0.3) is 11.3 Å². The molecule has 0 unspecified atom stereocenters. The monoisotopic (exact) mass is 309 g/mol. The van der Waals surface area contributed by atoms with E-state index in [4.69, 9.17) is 5.11 Å². The van der Waals surface area contributed by atoms with Crippen LogP contribution < -0.4 is 0 Å². The zero-order chi connectivity index (χ0) is 13.3. The molecule has 0 fully saturated rings. The molecule has 0 amide bonds. The van der Waals surface area contributed by atoms with Crippen LogP contribution in [-0.2, 0) is 0 Å². The van der Waals surface area contributed by atoms with Gasteiger partial charge in [0.15, 0.2) is 5.69 Å². The highest BCUT2D eigenvalue weighted by molar-refractivity contribution is 9.10. The fourth-order valence-electron chi connectivity index (χ4n) is 1.50. The summed E-state index contributed by atoms with van der Waals surface area (Å²) in [5.41, 5.74) is 1.11. The molecule has 18 heavy (non-hydrogen) atoms. The van der Waals surface area contributed by atoms with Gasteiger partial charge in [-0.2, -0.15) is 9.90 Å². The lowest BCUT2D eigenvalue weighted by Crippen LogP contribution is -2.06. The van der Waals surface area contributed by atoms with E-state index in [2.05, 4.69) is 26.1 Å². The molecule has 0 radical (unpaired) electrons. The summed E-state index contributed by atoms with van der Waals surface area (Å²) in [6, 6.07) is 7.33. The molecule has 1 aromatic heterocycles. The van der Waals surface area contributed by atoms with Gasteiger partial charge in [0.2, 0.25) is 0 Å². The maximum Gasteiger partial charge on any atom is 0.358 e. The van der Waals surface area contributed by atoms with Crippen LogP contribution >= 0.6 is 15.9 Å². The van der Waals surface area contributed by atoms with Crippen molar-refractivity contribution in [3.8, 4) is 11.3 Å². The van der Waals surface area contributed by atoms with E-state index in [1.54, 1.807) is 0 Å². The smallest absolute Gasteiger partial charge is 0.358 e. The van der Waals surface area contributed by atoms with Gasteiger partial charge in [0, 0.05) is 10.0 Å². The van der Waals surface area contributed by atoms with Gasteiger partial charge in [-0.1, -0.05) is 28.1 Å². The predicted octanol–water partition coefficient (Wildman–Crippen LogP) is 2.99. The Morgan fingerprint density at radius 2 is 1.89 bits per heavy atom. The van der Waals surface area contributed by atoms with Crippen LogP contribution in [-0.4, -0.2) is 26.1 Å². The Hall–Kier alpha value is -1.69. The van der Waals surface area contributed by atoms with Gasteiger partial charge in [0.1, 0.15) is 5.69 Å². The van der Waals surface area contributed by atoms with Crippen molar-refractivity contribution in [2.24, 2.45) is 0 Å². The minimum atomic E-state index is -1.07. The van der Waals surface area contributed by atoms with Crippen molar-refractivity contribution in [3.05, 3.63) is 34.4 Å². The van der Waals surface area contributed by atoms with Crippen LogP contribution in [0.2, 0.25) is 0 Å². The van der Waals surface area contributed by atoms with Gasteiger partial charge in [-0.25, -0.2) is 4.79 Å². The fraction of sp³-hybridized carbons (Fsp3) is 0.250. The van der Waals surface area contributed by atoms with E-state index in [-0.39, 0.29) is 11.7 Å². The van der Waals surface area contributed by atoms with Crippen LogP contribution in [0.15, 0.2) is 28.7 Å². The summed E-state index contributed by atoms with van der Waals surface area (Å²) in [4.78, 5) is 12.6. The first kappa shape index (κ1) is 12.8. The van der Waals surface area contributed by atoms with Gasteiger partial charge >= 0.3 is 5.97 Å². The maximum atomic E-state index is 11.2. The van der Waals surface area contributed by atoms with Gasteiger partial charge in [-0.05, 0) is 26.0 Å². The Morgan fingerprint density at radius 1 is 1.28 bits per heavy atom. The summed E-state index contributed by atoms with van der Waals surface area (Å²) in [5, 5.41) is 17.4. The molecular weight excluding hydrogens is 298 g/mol. The Balaban J connectivity index is 2.55. The van der Waals surface area contributed by atoms with E-state index in [9.17, 15) is 4.79 Å². The zero-order valence-electron chi connectivity index (χ0n) is 9.96. The van der Waals surface area contributed by atoms with E-state index >= 15 is 0 Å². The third-order valence-corrected chi connectivity index (χ3v) is 2.94. The number of aromatic nitrogens is 3. The highest BCUT2D eigenvalue weighted by atomic mass is 79.9. The normalized spacial score (nSPS) is 10.9. The van der Waals surface area contributed by atoms with Crippen molar-refractivity contribution < 1.29 is 9.90 Å². The molecule has 0 atom stereocenters. The molecule has 94 valence electrons. The molecule has 0 aliphatic carbocycles. The SMILES string of the molecule is CC(C)n1nc(C(=O)O)c(-c2ccc(Br)cc2)n1. The summed E-state index contributed by atoms with van der Waals surface area (Å²) in [6.45, 7) is 3.80. The van der Waals surface area contributed by atoms with Crippen LogP contribution in [0.5, 0.6) is 0 Å². The van der Waals surface area contributed by atoms with Crippen LogP contribution in [0.4, 0.5) is 0 Å². The second-order valence-electron chi connectivity index (χ2n) is 4.12. The molecule has 2 rings (SSSR count). The van der Waals surface area contributed by atoms with Gasteiger partial charge in [0.05, 0.1) is 6.04 Å². The zero-order valence-corrected chi connectivity index (χ0v) is 11.5. The van der Waals surface area contributed by atoms with E-state index in [0.717, 1.165) is 10.0 Å². The van der Waals surface area contributed by atoms with Gasteiger partial charge in [0.25, 0.3) is 0 Å². The average molecular weight is 310 g/mol. The number of carboxylic acids is 1. The largest absolute Gasteiger partial charge is 0.476 e. The molecule has 0 bridgehead atoms. The van der Waals surface area contributed by atoms with Crippen molar-refractivity contribution in [1.29, 1.82) is 0 Å². The number of hydrogen-bond donors (Lipinski definition) is 1. The van der Waals surface area contributed by atoms with Crippen molar-refractivity contribution in [2.75, 3.05) is 0 Å². The lowest BCUT2D eigenvalue weighted by atomic mass is 10.1. The average Bonchev–Trinajstić information content (AvgIpc) is 2.75. The third-order valence-electron chi connectivity index (χ3n) is 2.41. The molecule has 0 aliphatic heterocycles. The number of benzene rings is 1. The summed E-state index contributed by atoms with van der Waals surface area (Å²) < 4.78 is 0.930. The molecule has 1 aromatic carbocycles. The van der Waals surface area contributed by atoms with Crippen LogP contribution in [0.3, 0.4) is 0 Å². The standard InChI is InChI=1S/C12H12BrN3O2/c1-7(2)16-14-10(11(15-16)12(17)18)8-3-5-9(13)6-4-8/h3-7H,1-2H3,(H,17,18). The molecule has 6 heteroatoms. The maximum absolute atomic E-state index is 11.2. The Labute approximate surface area is 113 Å². The minimum absolute atomic E-state index is 0.0206. The molecular formula is C12H12BrN3O2. The molecule has 0 aliphatic rings. The molecule has 5 nitrogen and oxygen atoms in total. The number of carbonyl (C=O) groups is 1. The first-order valence-electron chi connectivity index (χ1n) is 5.45. The molecule has 0 saturated carbocycles. The lowest BCUT2D eigenvalue weighted by molar-refractivity contribution is 0.0690. The molecule has 1 heterocycles. The first-order valence-corrected chi connectivity index (χ1v) is 6.24. The Bertz CT molecular complexity index is 576. The Kier molecular flexibility index (Phi) is 3.47. The summed E-state index contributed by atoms with van der Waals surface area (Å²) >= 11 is 3.34. The van der Waals surface area contributed by atoms with Gasteiger partial charge < -0.3 is 5.11 Å². The van der Waals surface area contributed by atoms with Crippen molar-refractivity contribution in [3.63, 3.8) is 0 Å². The lowest BCUT2D eigenvalue weighted by Gasteiger charge is -2.01. The van der Waals surface area contributed by atoms with Crippen molar-refractivity contribution in [1.82, 2.24) is 15.0 Å². The van der Waals surface area contributed by atoms with Crippen LogP contribution in [0, 0.1) is 0 Å². The summed E-state index contributed by atoms with van der Waals surface area (Å²) in [5.74, 6) is -1.07. The quantitative estimate of drug-likeness (QED) is 0.946. The summed E-state index contributed by atoms with van der Waals surface area (Å²) in [6.07, 6.45) is 0. The summed E-state index contributed by atoms with van der Waals surface area (Å²) in [7, 11) is 0. The topological polar surface area (TPSA) is 68.0 Å². The second-order valence-corrected chi connectivity index (χ2v) is 5.04. The van der Waals surface area contributed by atoms with E-state index in [0.29, 0.717) is 5.69 Å². The Morgan fingerprint density at radius 3 is 2.39 bits per heavy atom. The van der Waals surface area contributed by atoms with Crippen LogP contribution in [0.1, 0.15) is 30.4 Å².